The topological polar surface area (TPSA) is 54.0 Å². The summed E-state index contributed by atoms with van der Waals surface area (Å²) in [7, 11) is 0. The lowest BCUT2D eigenvalue weighted by Gasteiger charge is -2.20. The summed E-state index contributed by atoms with van der Waals surface area (Å²) in [5.41, 5.74) is 1.90. The quantitative estimate of drug-likeness (QED) is 0.734. The SMILES string of the molecule is CC(C)Oc1cccc(CC(=O)OCc2cc(F)cc3c2OCOC3)c1. The molecule has 1 aliphatic rings. The maximum atomic E-state index is 13.7. The molecule has 6 heteroatoms. The van der Waals surface area contributed by atoms with Crippen LogP contribution in [0.3, 0.4) is 0 Å². The third-order valence-corrected chi connectivity index (χ3v) is 3.76. The molecular formula is C20H21FO5. The number of hydrogen-bond acceptors (Lipinski definition) is 5. The Balaban J connectivity index is 1.62. The van der Waals surface area contributed by atoms with E-state index < -0.39 is 11.8 Å². The summed E-state index contributed by atoms with van der Waals surface area (Å²) in [4.78, 5) is 12.1. The van der Waals surface area contributed by atoms with Crippen molar-refractivity contribution < 1.29 is 28.1 Å². The van der Waals surface area contributed by atoms with Crippen LogP contribution in [0.4, 0.5) is 4.39 Å². The maximum Gasteiger partial charge on any atom is 0.310 e. The molecule has 26 heavy (non-hydrogen) atoms. The fraction of sp³-hybridized carbons (Fsp3) is 0.350. The molecule has 0 atom stereocenters. The van der Waals surface area contributed by atoms with Crippen molar-refractivity contribution >= 4 is 5.97 Å². The van der Waals surface area contributed by atoms with E-state index in [1.165, 1.54) is 12.1 Å². The van der Waals surface area contributed by atoms with Crippen LogP contribution in [0.2, 0.25) is 0 Å². The fourth-order valence-corrected chi connectivity index (χ4v) is 2.74. The second-order valence-corrected chi connectivity index (χ2v) is 6.32. The van der Waals surface area contributed by atoms with Crippen molar-refractivity contribution in [2.24, 2.45) is 0 Å². The number of hydrogen-bond donors (Lipinski definition) is 0. The Hall–Kier alpha value is -2.60. The first-order valence-electron chi connectivity index (χ1n) is 8.44. The van der Waals surface area contributed by atoms with Crippen molar-refractivity contribution in [1.29, 1.82) is 0 Å². The van der Waals surface area contributed by atoms with Crippen LogP contribution in [0.5, 0.6) is 11.5 Å². The Morgan fingerprint density at radius 3 is 2.92 bits per heavy atom. The Kier molecular flexibility index (Phi) is 5.73. The van der Waals surface area contributed by atoms with E-state index in [0.717, 1.165) is 5.56 Å². The van der Waals surface area contributed by atoms with E-state index in [1.54, 1.807) is 0 Å². The van der Waals surface area contributed by atoms with Crippen LogP contribution in [0.15, 0.2) is 36.4 Å². The van der Waals surface area contributed by atoms with Crippen LogP contribution in [0.1, 0.15) is 30.5 Å². The van der Waals surface area contributed by atoms with E-state index in [9.17, 15) is 9.18 Å². The van der Waals surface area contributed by atoms with Crippen molar-refractivity contribution in [1.82, 2.24) is 0 Å². The molecule has 138 valence electrons. The van der Waals surface area contributed by atoms with Gasteiger partial charge in [0, 0.05) is 11.1 Å². The lowest BCUT2D eigenvalue weighted by Crippen LogP contribution is -2.15. The third kappa shape index (κ3) is 4.73. The minimum absolute atomic E-state index is 0.0545. The first-order chi connectivity index (χ1) is 12.5. The number of halogens is 1. The van der Waals surface area contributed by atoms with Crippen LogP contribution >= 0.6 is 0 Å². The molecule has 0 spiro atoms. The monoisotopic (exact) mass is 360 g/mol. The molecule has 2 aromatic carbocycles. The first-order valence-corrected chi connectivity index (χ1v) is 8.44. The van der Waals surface area contributed by atoms with E-state index in [4.69, 9.17) is 18.9 Å². The molecule has 5 nitrogen and oxygen atoms in total. The van der Waals surface area contributed by atoms with Gasteiger partial charge in [-0.25, -0.2) is 4.39 Å². The molecule has 0 N–H and O–H groups in total. The maximum absolute atomic E-state index is 13.7. The highest BCUT2D eigenvalue weighted by Gasteiger charge is 2.18. The smallest absolute Gasteiger partial charge is 0.310 e. The molecule has 0 aliphatic carbocycles. The van der Waals surface area contributed by atoms with Crippen molar-refractivity contribution in [3.63, 3.8) is 0 Å². The van der Waals surface area contributed by atoms with Gasteiger partial charge in [0.1, 0.15) is 23.9 Å². The molecule has 0 radical (unpaired) electrons. The molecule has 0 bridgehead atoms. The van der Waals surface area contributed by atoms with Crippen molar-refractivity contribution in [2.75, 3.05) is 6.79 Å². The highest BCUT2D eigenvalue weighted by atomic mass is 19.1. The number of esters is 1. The molecule has 3 rings (SSSR count). The number of benzene rings is 2. The largest absolute Gasteiger partial charge is 0.491 e. The van der Waals surface area contributed by atoms with Gasteiger partial charge in [-0.3, -0.25) is 4.79 Å². The Morgan fingerprint density at radius 1 is 1.27 bits per heavy atom. The van der Waals surface area contributed by atoms with Gasteiger partial charge in [0.05, 0.1) is 19.1 Å². The van der Waals surface area contributed by atoms with Gasteiger partial charge in [0.2, 0.25) is 0 Å². The van der Waals surface area contributed by atoms with Gasteiger partial charge in [0.15, 0.2) is 6.79 Å². The molecule has 0 fully saturated rings. The Labute approximate surface area is 151 Å². The number of carbonyl (C=O) groups is 1. The van der Waals surface area contributed by atoms with Gasteiger partial charge in [0.25, 0.3) is 0 Å². The van der Waals surface area contributed by atoms with Crippen molar-refractivity contribution in [3.8, 4) is 11.5 Å². The second kappa shape index (κ2) is 8.19. The predicted molar refractivity (Wildman–Crippen MR) is 92.4 cm³/mol. The molecular weight excluding hydrogens is 339 g/mol. The van der Waals surface area contributed by atoms with Gasteiger partial charge in [-0.15, -0.1) is 0 Å². The number of fused-ring (bicyclic) bond motifs is 1. The molecule has 0 amide bonds. The van der Waals surface area contributed by atoms with Crippen molar-refractivity contribution in [2.45, 2.75) is 39.6 Å². The van der Waals surface area contributed by atoms with Crippen LogP contribution in [-0.2, 0) is 33.9 Å². The molecule has 2 aromatic rings. The number of ether oxygens (including phenoxy) is 4. The molecule has 0 saturated heterocycles. The Morgan fingerprint density at radius 2 is 2.12 bits per heavy atom. The van der Waals surface area contributed by atoms with Gasteiger partial charge in [-0.05, 0) is 43.7 Å². The lowest BCUT2D eigenvalue weighted by molar-refractivity contribution is -0.144. The lowest BCUT2D eigenvalue weighted by atomic mass is 10.1. The summed E-state index contributed by atoms with van der Waals surface area (Å²) < 4.78 is 35.2. The van der Waals surface area contributed by atoms with E-state index >= 15 is 0 Å². The summed E-state index contributed by atoms with van der Waals surface area (Å²) in [5, 5.41) is 0. The highest BCUT2D eigenvalue weighted by Crippen LogP contribution is 2.30. The molecule has 1 aliphatic heterocycles. The van der Waals surface area contributed by atoms with Crippen LogP contribution in [-0.4, -0.2) is 18.9 Å². The minimum atomic E-state index is -0.414. The minimum Gasteiger partial charge on any atom is -0.491 e. The molecule has 0 saturated carbocycles. The zero-order valence-corrected chi connectivity index (χ0v) is 14.8. The van der Waals surface area contributed by atoms with E-state index in [0.29, 0.717) is 22.6 Å². The average Bonchev–Trinajstić information content (AvgIpc) is 2.59. The summed E-state index contributed by atoms with van der Waals surface area (Å²) in [6.45, 7) is 4.20. The van der Waals surface area contributed by atoms with E-state index in [2.05, 4.69) is 0 Å². The van der Waals surface area contributed by atoms with E-state index in [-0.39, 0.29) is 32.5 Å². The highest BCUT2D eigenvalue weighted by molar-refractivity contribution is 5.72. The van der Waals surface area contributed by atoms with Gasteiger partial charge in [-0.2, -0.15) is 0 Å². The van der Waals surface area contributed by atoms with Crippen LogP contribution in [0, 0.1) is 5.82 Å². The predicted octanol–water partition coefficient (Wildman–Crippen LogP) is 3.77. The zero-order valence-electron chi connectivity index (χ0n) is 14.8. The standard InChI is InChI=1S/C20H21FO5/c1-13(2)26-18-5-3-4-14(6-18)7-19(22)24-11-16-9-17(21)8-15-10-23-12-25-20(15)16/h3-6,8-9,13H,7,10-12H2,1-2H3. The molecule has 0 aromatic heterocycles. The number of rotatable bonds is 6. The summed E-state index contributed by atoms with van der Waals surface area (Å²) in [6, 6.07) is 9.99. The second-order valence-electron chi connectivity index (χ2n) is 6.32. The number of carbonyl (C=O) groups excluding carboxylic acids is 1. The van der Waals surface area contributed by atoms with E-state index in [1.807, 2.05) is 38.1 Å². The summed E-state index contributed by atoms with van der Waals surface area (Å²) in [5.74, 6) is 0.412. The molecule has 0 unspecified atom stereocenters. The summed E-state index contributed by atoms with van der Waals surface area (Å²) in [6.07, 6.45) is 0.164. The normalized spacial score (nSPS) is 13.1. The summed E-state index contributed by atoms with van der Waals surface area (Å²) >= 11 is 0. The third-order valence-electron chi connectivity index (χ3n) is 3.76. The van der Waals surface area contributed by atoms with Gasteiger partial charge in [-0.1, -0.05) is 12.1 Å². The van der Waals surface area contributed by atoms with Crippen LogP contribution in [0.25, 0.3) is 0 Å². The van der Waals surface area contributed by atoms with Gasteiger partial charge >= 0.3 is 5.97 Å². The zero-order chi connectivity index (χ0) is 18.5. The van der Waals surface area contributed by atoms with Crippen LogP contribution < -0.4 is 9.47 Å². The molecule has 1 heterocycles. The van der Waals surface area contributed by atoms with Crippen molar-refractivity contribution in [3.05, 3.63) is 58.9 Å². The van der Waals surface area contributed by atoms with Gasteiger partial charge < -0.3 is 18.9 Å². The fourth-order valence-electron chi connectivity index (χ4n) is 2.74. The first kappa shape index (κ1) is 18.2. The average molecular weight is 360 g/mol. The Bertz CT molecular complexity index is 788.